The summed E-state index contributed by atoms with van der Waals surface area (Å²) in [5.74, 6) is 0.0929. The number of piperidine rings is 1. The van der Waals surface area contributed by atoms with Crippen molar-refractivity contribution in [3.8, 4) is 0 Å². The van der Waals surface area contributed by atoms with Crippen LogP contribution in [0.2, 0.25) is 0 Å². The lowest BCUT2D eigenvalue weighted by atomic mass is 9.95. The maximum absolute atomic E-state index is 12.6. The Labute approximate surface area is 158 Å². The molecule has 4 rings (SSSR count). The molecular formula is C22H23N3O2. The van der Waals surface area contributed by atoms with E-state index in [1.54, 1.807) is 0 Å². The third-order valence-corrected chi connectivity index (χ3v) is 5.30. The number of carbonyl (C=O) groups is 2. The number of likely N-dealkylation sites (tertiary alicyclic amines) is 1. The molecule has 2 heterocycles. The minimum absolute atomic E-state index is 0.0324. The summed E-state index contributed by atoms with van der Waals surface area (Å²) in [4.78, 5) is 30.1. The first-order valence-electron chi connectivity index (χ1n) is 9.39. The summed E-state index contributed by atoms with van der Waals surface area (Å²) in [6, 6.07) is 17.4. The van der Waals surface area contributed by atoms with Crippen LogP contribution in [0.25, 0.3) is 10.9 Å². The SMILES string of the molecule is O=C(NCc1c[nH]c2ccccc12)C1CCN(C(=O)c2ccccc2)CC1. The molecule has 0 radical (unpaired) electrons. The van der Waals surface area contributed by atoms with E-state index < -0.39 is 0 Å². The van der Waals surface area contributed by atoms with E-state index in [0.717, 1.165) is 16.5 Å². The predicted molar refractivity (Wildman–Crippen MR) is 105 cm³/mol. The van der Waals surface area contributed by atoms with Gasteiger partial charge in [-0.15, -0.1) is 0 Å². The number of carbonyl (C=O) groups excluding carboxylic acids is 2. The van der Waals surface area contributed by atoms with Crippen molar-refractivity contribution < 1.29 is 9.59 Å². The predicted octanol–water partition coefficient (Wildman–Crippen LogP) is 3.34. The van der Waals surface area contributed by atoms with E-state index in [1.165, 1.54) is 0 Å². The van der Waals surface area contributed by atoms with Gasteiger partial charge in [0.2, 0.25) is 5.91 Å². The van der Waals surface area contributed by atoms with Gasteiger partial charge in [0.05, 0.1) is 0 Å². The Morgan fingerprint density at radius 2 is 1.70 bits per heavy atom. The fraction of sp³-hybridized carbons (Fsp3) is 0.273. The van der Waals surface area contributed by atoms with Gasteiger partial charge in [-0.05, 0) is 36.6 Å². The second-order valence-electron chi connectivity index (χ2n) is 7.01. The van der Waals surface area contributed by atoms with Crippen molar-refractivity contribution in [2.75, 3.05) is 13.1 Å². The van der Waals surface area contributed by atoms with Crippen molar-refractivity contribution in [1.29, 1.82) is 0 Å². The average Bonchev–Trinajstić information content (AvgIpc) is 3.15. The van der Waals surface area contributed by atoms with Crippen LogP contribution in [0.3, 0.4) is 0 Å². The molecule has 1 aliphatic rings. The number of hydrogen-bond acceptors (Lipinski definition) is 2. The standard InChI is InChI=1S/C22H23N3O2/c26-21(24-15-18-14-23-20-9-5-4-8-19(18)20)16-10-12-25(13-11-16)22(27)17-6-2-1-3-7-17/h1-9,14,16,23H,10-13,15H2,(H,24,26). The fourth-order valence-electron chi connectivity index (χ4n) is 3.71. The normalized spacial score (nSPS) is 15.0. The molecule has 2 aromatic carbocycles. The largest absolute Gasteiger partial charge is 0.361 e. The Balaban J connectivity index is 1.30. The topological polar surface area (TPSA) is 65.2 Å². The first-order chi connectivity index (χ1) is 13.2. The maximum atomic E-state index is 12.6. The number of rotatable bonds is 4. The van der Waals surface area contributed by atoms with Crippen LogP contribution in [0.15, 0.2) is 60.8 Å². The third kappa shape index (κ3) is 3.72. The minimum Gasteiger partial charge on any atom is -0.361 e. The van der Waals surface area contributed by atoms with Crippen molar-refractivity contribution in [3.63, 3.8) is 0 Å². The zero-order chi connectivity index (χ0) is 18.6. The van der Waals surface area contributed by atoms with Crippen molar-refractivity contribution >= 4 is 22.7 Å². The molecular weight excluding hydrogens is 338 g/mol. The number of aromatic amines is 1. The molecule has 0 spiro atoms. The number of benzene rings is 2. The molecule has 5 nitrogen and oxygen atoms in total. The Morgan fingerprint density at radius 3 is 2.48 bits per heavy atom. The van der Waals surface area contributed by atoms with Crippen LogP contribution in [0, 0.1) is 5.92 Å². The monoisotopic (exact) mass is 361 g/mol. The van der Waals surface area contributed by atoms with E-state index in [1.807, 2.05) is 59.6 Å². The highest BCUT2D eigenvalue weighted by Crippen LogP contribution is 2.21. The van der Waals surface area contributed by atoms with Gasteiger partial charge in [0, 0.05) is 48.2 Å². The van der Waals surface area contributed by atoms with Gasteiger partial charge in [0.25, 0.3) is 5.91 Å². The van der Waals surface area contributed by atoms with Crippen LogP contribution in [0.1, 0.15) is 28.8 Å². The van der Waals surface area contributed by atoms with E-state index in [-0.39, 0.29) is 17.7 Å². The van der Waals surface area contributed by atoms with Crippen molar-refractivity contribution in [2.45, 2.75) is 19.4 Å². The summed E-state index contributed by atoms with van der Waals surface area (Å²) >= 11 is 0. The molecule has 5 heteroatoms. The summed E-state index contributed by atoms with van der Waals surface area (Å²) in [7, 11) is 0. The van der Waals surface area contributed by atoms with Crippen LogP contribution in [0.4, 0.5) is 0 Å². The number of para-hydroxylation sites is 1. The molecule has 3 aromatic rings. The van der Waals surface area contributed by atoms with Crippen LogP contribution < -0.4 is 5.32 Å². The zero-order valence-electron chi connectivity index (χ0n) is 15.2. The van der Waals surface area contributed by atoms with Gasteiger partial charge in [-0.25, -0.2) is 0 Å². The van der Waals surface area contributed by atoms with Gasteiger partial charge in [-0.1, -0.05) is 36.4 Å². The number of H-pyrrole nitrogens is 1. The molecule has 0 aliphatic carbocycles. The highest BCUT2D eigenvalue weighted by atomic mass is 16.2. The Kier molecular flexibility index (Phi) is 4.92. The molecule has 2 amide bonds. The summed E-state index contributed by atoms with van der Waals surface area (Å²) in [6.07, 6.45) is 3.36. The average molecular weight is 361 g/mol. The lowest BCUT2D eigenvalue weighted by Crippen LogP contribution is -2.42. The molecule has 0 saturated carbocycles. The van der Waals surface area contributed by atoms with E-state index in [4.69, 9.17) is 0 Å². The lowest BCUT2D eigenvalue weighted by Gasteiger charge is -2.31. The van der Waals surface area contributed by atoms with Crippen LogP contribution in [-0.4, -0.2) is 34.8 Å². The summed E-state index contributed by atoms with van der Waals surface area (Å²) in [5, 5.41) is 4.20. The fourth-order valence-corrected chi connectivity index (χ4v) is 3.71. The van der Waals surface area contributed by atoms with Gasteiger partial charge < -0.3 is 15.2 Å². The molecule has 0 bridgehead atoms. The van der Waals surface area contributed by atoms with Crippen molar-refractivity contribution in [1.82, 2.24) is 15.2 Å². The second-order valence-corrected chi connectivity index (χ2v) is 7.01. The van der Waals surface area contributed by atoms with E-state index >= 15 is 0 Å². The van der Waals surface area contributed by atoms with Crippen LogP contribution >= 0.6 is 0 Å². The number of hydrogen-bond donors (Lipinski definition) is 2. The molecule has 2 N–H and O–H groups in total. The first kappa shape index (κ1) is 17.3. The van der Waals surface area contributed by atoms with Crippen LogP contribution in [-0.2, 0) is 11.3 Å². The highest BCUT2D eigenvalue weighted by molar-refractivity contribution is 5.94. The smallest absolute Gasteiger partial charge is 0.253 e. The molecule has 138 valence electrons. The molecule has 1 fully saturated rings. The van der Waals surface area contributed by atoms with Gasteiger partial charge in [0.15, 0.2) is 0 Å². The number of fused-ring (bicyclic) bond motifs is 1. The lowest BCUT2D eigenvalue weighted by molar-refractivity contribution is -0.126. The highest BCUT2D eigenvalue weighted by Gasteiger charge is 2.27. The maximum Gasteiger partial charge on any atom is 0.253 e. The zero-order valence-corrected chi connectivity index (χ0v) is 15.2. The molecule has 1 saturated heterocycles. The molecule has 0 unspecified atom stereocenters. The summed E-state index contributed by atoms with van der Waals surface area (Å²) < 4.78 is 0. The van der Waals surface area contributed by atoms with Crippen molar-refractivity contribution in [3.05, 3.63) is 71.9 Å². The Morgan fingerprint density at radius 1 is 1.00 bits per heavy atom. The van der Waals surface area contributed by atoms with E-state index in [9.17, 15) is 9.59 Å². The quantitative estimate of drug-likeness (QED) is 0.749. The second kappa shape index (κ2) is 7.66. The third-order valence-electron chi connectivity index (χ3n) is 5.30. The first-order valence-corrected chi connectivity index (χ1v) is 9.39. The van der Waals surface area contributed by atoms with Crippen LogP contribution in [0.5, 0.6) is 0 Å². The minimum atomic E-state index is -0.0324. The van der Waals surface area contributed by atoms with E-state index in [2.05, 4.69) is 16.4 Å². The van der Waals surface area contributed by atoms with Gasteiger partial charge in [0.1, 0.15) is 0 Å². The number of nitrogens with zero attached hydrogens (tertiary/aromatic N) is 1. The Bertz CT molecular complexity index is 940. The molecule has 27 heavy (non-hydrogen) atoms. The number of amides is 2. The van der Waals surface area contributed by atoms with Gasteiger partial charge in [-0.3, -0.25) is 9.59 Å². The number of nitrogens with one attached hydrogen (secondary N) is 2. The molecule has 1 aromatic heterocycles. The van der Waals surface area contributed by atoms with Crippen molar-refractivity contribution in [2.24, 2.45) is 5.92 Å². The van der Waals surface area contributed by atoms with Gasteiger partial charge in [-0.2, -0.15) is 0 Å². The summed E-state index contributed by atoms with van der Waals surface area (Å²) in [5.41, 5.74) is 2.88. The molecule has 1 aliphatic heterocycles. The van der Waals surface area contributed by atoms with Gasteiger partial charge >= 0.3 is 0 Å². The molecule has 0 atom stereocenters. The number of aromatic nitrogens is 1. The summed E-state index contributed by atoms with van der Waals surface area (Å²) in [6.45, 7) is 1.77. The van der Waals surface area contributed by atoms with E-state index in [0.29, 0.717) is 38.0 Å². The Hall–Kier alpha value is -3.08.